The van der Waals surface area contributed by atoms with Crippen LogP contribution in [0.4, 0.5) is 11.8 Å². The first kappa shape index (κ1) is 13.1. The van der Waals surface area contributed by atoms with E-state index in [0.29, 0.717) is 5.95 Å². The molecule has 1 aliphatic heterocycles. The van der Waals surface area contributed by atoms with Gasteiger partial charge in [-0.05, 0) is 25.7 Å². The fraction of sp³-hybridized carbons (Fsp3) is 0.643. The van der Waals surface area contributed by atoms with E-state index in [4.69, 9.17) is 0 Å². The third-order valence-electron chi connectivity index (χ3n) is 3.91. The van der Waals surface area contributed by atoms with Crippen LogP contribution in [0.3, 0.4) is 0 Å². The second-order valence-corrected chi connectivity index (χ2v) is 5.42. The Labute approximate surface area is 119 Å². The van der Waals surface area contributed by atoms with E-state index in [9.17, 15) is 0 Å². The lowest BCUT2D eigenvalue weighted by atomic mass is 10.0. The summed E-state index contributed by atoms with van der Waals surface area (Å²) in [5, 5.41) is 11.3. The summed E-state index contributed by atoms with van der Waals surface area (Å²) >= 11 is 0. The molecule has 108 valence electrons. The van der Waals surface area contributed by atoms with Crippen molar-refractivity contribution in [3.63, 3.8) is 0 Å². The number of fused-ring (bicyclic) bond motifs is 1. The number of anilines is 2. The van der Waals surface area contributed by atoms with Crippen molar-refractivity contribution in [1.82, 2.24) is 20.2 Å². The van der Waals surface area contributed by atoms with E-state index in [1.54, 1.807) is 0 Å². The maximum absolute atomic E-state index is 4.68. The first-order valence-corrected chi connectivity index (χ1v) is 7.51. The molecule has 3 heterocycles. The summed E-state index contributed by atoms with van der Waals surface area (Å²) < 4.78 is 0. The van der Waals surface area contributed by atoms with Crippen molar-refractivity contribution in [2.45, 2.75) is 33.1 Å². The standard InChI is InChI=1S/C14H22N6/c1-3-5-10-6-7-20(9-10)13-11-8-16-19-12(11)17-14(18-13)15-4-2/h8,10H,3-7,9H2,1-2H3,(H2,15,16,17,18,19). The highest BCUT2D eigenvalue weighted by atomic mass is 15.3. The number of nitrogens with one attached hydrogen (secondary N) is 2. The van der Waals surface area contributed by atoms with Crippen LogP contribution in [-0.2, 0) is 0 Å². The average molecular weight is 274 g/mol. The molecule has 0 spiro atoms. The zero-order chi connectivity index (χ0) is 13.9. The van der Waals surface area contributed by atoms with Gasteiger partial charge in [-0.3, -0.25) is 5.10 Å². The molecule has 20 heavy (non-hydrogen) atoms. The molecule has 1 atom stereocenters. The van der Waals surface area contributed by atoms with Crippen LogP contribution in [0.1, 0.15) is 33.1 Å². The minimum absolute atomic E-state index is 0.679. The Kier molecular flexibility index (Phi) is 3.71. The summed E-state index contributed by atoms with van der Waals surface area (Å²) in [6.45, 7) is 7.29. The van der Waals surface area contributed by atoms with Crippen molar-refractivity contribution in [2.24, 2.45) is 5.92 Å². The Hall–Kier alpha value is -1.85. The van der Waals surface area contributed by atoms with Crippen molar-refractivity contribution in [3.8, 4) is 0 Å². The maximum atomic E-state index is 4.68. The fourth-order valence-electron chi connectivity index (χ4n) is 2.97. The molecule has 0 bridgehead atoms. The Morgan fingerprint density at radius 2 is 2.30 bits per heavy atom. The predicted octanol–water partition coefficient (Wildman–Crippen LogP) is 2.41. The second-order valence-electron chi connectivity index (χ2n) is 5.42. The first-order chi connectivity index (χ1) is 9.81. The van der Waals surface area contributed by atoms with E-state index in [-0.39, 0.29) is 0 Å². The fourth-order valence-corrected chi connectivity index (χ4v) is 2.97. The molecule has 6 nitrogen and oxygen atoms in total. The van der Waals surface area contributed by atoms with Gasteiger partial charge in [0.2, 0.25) is 5.95 Å². The van der Waals surface area contributed by atoms with Crippen molar-refractivity contribution < 1.29 is 0 Å². The lowest BCUT2D eigenvalue weighted by molar-refractivity contribution is 0.529. The Balaban J connectivity index is 1.91. The summed E-state index contributed by atoms with van der Waals surface area (Å²) in [6, 6.07) is 0. The normalized spacial score (nSPS) is 18.9. The van der Waals surface area contributed by atoms with Gasteiger partial charge in [0.05, 0.1) is 11.6 Å². The Morgan fingerprint density at radius 3 is 3.10 bits per heavy atom. The van der Waals surface area contributed by atoms with E-state index < -0.39 is 0 Å². The van der Waals surface area contributed by atoms with Crippen LogP contribution < -0.4 is 10.2 Å². The third-order valence-corrected chi connectivity index (χ3v) is 3.91. The van der Waals surface area contributed by atoms with Crippen molar-refractivity contribution >= 4 is 22.8 Å². The molecule has 3 rings (SSSR count). The average Bonchev–Trinajstić information content (AvgIpc) is 3.07. The van der Waals surface area contributed by atoms with Crippen LogP contribution in [0.5, 0.6) is 0 Å². The van der Waals surface area contributed by atoms with Gasteiger partial charge in [0.25, 0.3) is 0 Å². The van der Waals surface area contributed by atoms with E-state index in [2.05, 4.69) is 37.3 Å². The molecule has 1 fully saturated rings. The van der Waals surface area contributed by atoms with E-state index in [0.717, 1.165) is 42.4 Å². The minimum Gasteiger partial charge on any atom is -0.356 e. The molecule has 0 amide bonds. The topological polar surface area (TPSA) is 69.7 Å². The Morgan fingerprint density at radius 1 is 1.40 bits per heavy atom. The van der Waals surface area contributed by atoms with Crippen molar-refractivity contribution in [2.75, 3.05) is 29.9 Å². The maximum Gasteiger partial charge on any atom is 0.226 e. The first-order valence-electron chi connectivity index (χ1n) is 7.51. The third kappa shape index (κ3) is 2.42. The summed E-state index contributed by atoms with van der Waals surface area (Å²) in [4.78, 5) is 11.5. The quantitative estimate of drug-likeness (QED) is 0.876. The largest absolute Gasteiger partial charge is 0.356 e. The highest BCUT2D eigenvalue weighted by Crippen LogP contribution is 2.30. The molecular weight excluding hydrogens is 252 g/mol. The SMILES string of the molecule is CCCC1CCN(c2nc(NCC)nc3[nH]ncc23)C1. The molecule has 1 aliphatic rings. The molecule has 0 radical (unpaired) electrons. The van der Waals surface area contributed by atoms with E-state index >= 15 is 0 Å². The van der Waals surface area contributed by atoms with Crippen LogP contribution in [0.15, 0.2) is 6.20 Å². The Bertz CT molecular complexity index is 578. The van der Waals surface area contributed by atoms with Crippen LogP contribution in [-0.4, -0.2) is 39.8 Å². The molecule has 1 unspecified atom stereocenters. The number of rotatable bonds is 5. The highest BCUT2D eigenvalue weighted by Gasteiger charge is 2.25. The van der Waals surface area contributed by atoms with Crippen LogP contribution in [0.25, 0.3) is 11.0 Å². The van der Waals surface area contributed by atoms with Crippen LogP contribution in [0, 0.1) is 5.92 Å². The molecule has 2 aromatic rings. The van der Waals surface area contributed by atoms with Gasteiger partial charge in [-0.15, -0.1) is 0 Å². The number of H-pyrrole nitrogens is 1. The van der Waals surface area contributed by atoms with E-state index in [1.807, 2.05) is 13.1 Å². The number of hydrogen-bond acceptors (Lipinski definition) is 5. The summed E-state index contributed by atoms with van der Waals surface area (Å²) in [7, 11) is 0. The number of aromatic nitrogens is 4. The van der Waals surface area contributed by atoms with Gasteiger partial charge in [0.15, 0.2) is 5.65 Å². The summed E-state index contributed by atoms with van der Waals surface area (Å²) in [5.74, 6) is 2.48. The zero-order valence-corrected chi connectivity index (χ0v) is 12.2. The zero-order valence-electron chi connectivity index (χ0n) is 12.2. The van der Waals surface area contributed by atoms with Crippen molar-refractivity contribution in [3.05, 3.63) is 6.20 Å². The summed E-state index contributed by atoms with van der Waals surface area (Å²) in [6.07, 6.45) is 5.64. The summed E-state index contributed by atoms with van der Waals surface area (Å²) in [5.41, 5.74) is 0.810. The van der Waals surface area contributed by atoms with Gasteiger partial charge in [-0.25, -0.2) is 0 Å². The predicted molar refractivity (Wildman–Crippen MR) is 81.1 cm³/mol. The molecule has 0 aliphatic carbocycles. The molecule has 1 saturated heterocycles. The lowest BCUT2D eigenvalue weighted by Crippen LogP contribution is -2.22. The molecule has 0 saturated carbocycles. The minimum atomic E-state index is 0.679. The van der Waals surface area contributed by atoms with Gasteiger partial charge in [0.1, 0.15) is 5.82 Å². The van der Waals surface area contributed by atoms with E-state index in [1.165, 1.54) is 19.3 Å². The number of nitrogens with zero attached hydrogens (tertiary/aromatic N) is 4. The highest BCUT2D eigenvalue weighted by molar-refractivity contribution is 5.87. The van der Waals surface area contributed by atoms with Gasteiger partial charge in [-0.1, -0.05) is 13.3 Å². The number of hydrogen-bond donors (Lipinski definition) is 2. The monoisotopic (exact) mass is 274 g/mol. The van der Waals surface area contributed by atoms with Crippen molar-refractivity contribution in [1.29, 1.82) is 0 Å². The van der Waals surface area contributed by atoms with Gasteiger partial charge >= 0.3 is 0 Å². The molecular formula is C14H22N6. The van der Waals surface area contributed by atoms with Crippen LogP contribution >= 0.6 is 0 Å². The van der Waals surface area contributed by atoms with Gasteiger partial charge in [0, 0.05) is 19.6 Å². The lowest BCUT2D eigenvalue weighted by Gasteiger charge is -2.19. The van der Waals surface area contributed by atoms with Gasteiger partial charge in [-0.2, -0.15) is 15.1 Å². The molecule has 2 aromatic heterocycles. The number of aromatic amines is 1. The molecule has 2 N–H and O–H groups in total. The second kappa shape index (κ2) is 5.64. The molecule has 6 heteroatoms. The van der Waals surface area contributed by atoms with Gasteiger partial charge < -0.3 is 10.2 Å². The smallest absolute Gasteiger partial charge is 0.226 e. The molecule has 0 aromatic carbocycles. The van der Waals surface area contributed by atoms with Crippen LogP contribution in [0.2, 0.25) is 0 Å².